The fraction of sp³-hybridized carbons (Fsp3) is 0. The Morgan fingerprint density at radius 1 is 0.944 bits per heavy atom. The van der Waals surface area contributed by atoms with Crippen LogP contribution in [-0.4, -0.2) is 29.2 Å². The molecule has 0 atom stereocenters. The summed E-state index contributed by atoms with van der Waals surface area (Å²) in [6, 6.07) is 20.2. The van der Waals surface area contributed by atoms with Crippen LogP contribution in [0.5, 0.6) is 5.75 Å². The fourth-order valence-electron chi connectivity index (χ4n) is 3.31. The largest absolute Gasteiger partial charge is 0.505 e. The van der Waals surface area contributed by atoms with Crippen LogP contribution in [0.15, 0.2) is 98.9 Å². The van der Waals surface area contributed by atoms with Crippen LogP contribution in [0.25, 0.3) is 10.8 Å². The van der Waals surface area contributed by atoms with E-state index in [1.165, 1.54) is 6.07 Å². The second kappa shape index (κ2) is 10.8. The average Bonchev–Trinajstić information content (AvgIpc) is 2.87. The highest BCUT2D eigenvalue weighted by atomic mass is 32.2. The highest BCUT2D eigenvalue weighted by molar-refractivity contribution is 7.94. The SMILES string of the molecule is O=C(Nc1cc(S(=O)(=O)O)cc2cc(SOOO)c(/N=N/c3ccccc3)c(O)c12)c1ccccc1. The number of fused-ring (bicyclic) bond motifs is 1. The van der Waals surface area contributed by atoms with Gasteiger partial charge in [0, 0.05) is 10.9 Å². The molecule has 0 aliphatic carbocycles. The minimum Gasteiger partial charge on any atom is -0.505 e. The molecule has 4 aromatic carbocycles. The van der Waals surface area contributed by atoms with Crippen molar-refractivity contribution in [2.75, 3.05) is 5.32 Å². The van der Waals surface area contributed by atoms with Gasteiger partial charge < -0.3 is 10.4 Å². The number of carbonyl (C=O) groups excluding carboxylic acids is 1. The number of carbonyl (C=O) groups is 1. The van der Waals surface area contributed by atoms with Crippen LogP contribution in [0.2, 0.25) is 0 Å². The number of nitrogens with one attached hydrogen (secondary N) is 1. The summed E-state index contributed by atoms with van der Waals surface area (Å²) >= 11 is 0.456. The summed E-state index contributed by atoms with van der Waals surface area (Å²) in [6.07, 6.45) is 0. The Morgan fingerprint density at radius 2 is 1.61 bits per heavy atom. The standard InChI is InChI=1S/C23H17N3O8S2/c27-22-20-15(12-19(35-34-33-29)21(22)26-25-16-9-5-2-6-10-16)11-17(36(30,31)32)13-18(20)24-23(28)14-7-3-1-4-8-14/h1-13,27,29H,(H,24,28)(H,30,31,32)/b26-25+. The number of anilines is 1. The summed E-state index contributed by atoms with van der Waals surface area (Å²) in [6.45, 7) is 0. The minimum absolute atomic E-state index is 0.0166. The second-order valence-electron chi connectivity index (χ2n) is 7.20. The van der Waals surface area contributed by atoms with Crippen molar-refractivity contribution in [2.24, 2.45) is 10.2 Å². The monoisotopic (exact) mass is 527 g/mol. The molecule has 4 rings (SSSR count). The van der Waals surface area contributed by atoms with Gasteiger partial charge in [-0.3, -0.25) is 9.35 Å². The lowest BCUT2D eigenvalue weighted by molar-refractivity contribution is -0.432. The molecule has 4 aromatic rings. The molecule has 4 N–H and O–H groups in total. The van der Waals surface area contributed by atoms with Crippen molar-refractivity contribution >= 4 is 55.9 Å². The third kappa shape index (κ3) is 5.68. The number of benzene rings is 4. The van der Waals surface area contributed by atoms with Gasteiger partial charge in [0.1, 0.15) is 5.69 Å². The summed E-state index contributed by atoms with van der Waals surface area (Å²) in [5.74, 6) is -1.08. The van der Waals surface area contributed by atoms with Gasteiger partial charge in [-0.1, -0.05) is 41.4 Å². The van der Waals surface area contributed by atoms with Crippen molar-refractivity contribution in [2.45, 2.75) is 9.79 Å². The number of amides is 1. The maximum atomic E-state index is 12.8. The summed E-state index contributed by atoms with van der Waals surface area (Å²) in [7, 11) is -4.69. The Balaban J connectivity index is 1.93. The van der Waals surface area contributed by atoms with E-state index in [4.69, 9.17) is 5.26 Å². The van der Waals surface area contributed by atoms with Crippen molar-refractivity contribution in [3.05, 3.63) is 84.4 Å². The molecule has 0 saturated carbocycles. The fourth-order valence-corrected chi connectivity index (χ4v) is 4.34. The van der Waals surface area contributed by atoms with E-state index in [9.17, 15) is 22.9 Å². The van der Waals surface area contributed by atoms with Crippen molar-refractivity contribution in [3.8, 4) is 5.75 Å². The van der Waals surface area contributed by atoms with Gasteiger partial charge in [0.05, 0.1) is 33.2 Å². The first-order valence-corrected chi connectivity index (χ1v) is 12.3. The molecule has 36 heavy (non-hydrogen) atoms. The van der Waals surface area contributed by atoms with Gasteiger partial charge in [-0.25, -0.2) is 5.26 Å². The van der Waals surface area contributed by atoms with E-state index in [1.54, 1.807) is 60.7 Å². The zero-order valence-corrected chi connectivity index (χ0v) is 19.7. The van der Waals surface area contributed by atoms with Crippen LogP contribution < -0.4 is 5.32 Å². The third-order valence-electron chi connectivity index (χ3n) is 4.88. The maximum absolute atomic E-state index is 12.8. The minimum atomic E-state index is -4.69. The van der Waals surface area contributed by atoms with E-state index in [1.807, 2.05) is 0 Å². The lowest BCUT2D eigenvalue weighted by atomic mass is 10.1. The van der Waals surface area contributed by atoms with E-state index in [2.05, 4.69) is 24.9 Å². The number of aromatic hydroxyl groups is 1. The van der Waals surface area contributed by atoms with Crippen LogP contribution in [0.4, 0.5) is 17.1 Å². The summed E-state index contributed by atoms with van der Waals surface area (Å²) in [5.41, 5.74) is 0.500. The quantitative estimate of drug-likeness (QED) is 0.0718. The van der Waals surface area contributed by atoms with Gasteiger partial charge in [-0.05, 0) is 47.9 Å². The molecule has 184 valence electrons. The van der Waals surface area contributed by atoms with Crippen molar-refractivity contribution in [3.63, 3.8) is 0 Å². The van der Waals surface area contributed by atoms with E-state index in [-0.39, 0.29) is 32.6 Å². The van der Waals surface area contributed by atoms with Crippen molar-refractivity contribution < 1.29 is 37.5 Å². The molecular weight excluding hydrogens is 510 g/mol. The van der Waals surface area contributed by atoms with Gasteiger partial charge in [-0.2, -0.15) is 13.5 Å². The molecule has 0 saturated heterocycles. The van der Waals surface area contributed by atoms with Crippen LogP contribution in [0, 0.1) is 0 Å². The first-order valence-electron chi connectivity index (χ1n) is 10.1. The van der Waals surface area contributed by atoms with Crippen LogP contribution >= 0.6 is 12.0 Å². The smallest absolute Gasteiger partial charge is 0.294 e. The molecule has 0 aromatic heterocycles. The normalized spacial score (nSPS) is 11.7. The topological polar surface area (TPSA) is 167 Å². The molecule has 0 heterocycles. The van der Waals surface area contributed by atoms with Gasteiger partial charge in [0.15, 0.2) is 5.75 Å². The molecule has 0 aliphatic heterocycles. The molecule has 0 radical (unpaired) electrons. The van der Waals surface area contributed by atoms with Crippen molar-refractivity contribution in [1.29, 1.82) is 0 Å². The van der Waals surface area contributed by atoms with Crippen LogP contribution in [0.3, 0.4) is 0 Å². The van der Waals surface area contributed by atoms with E-state index in [0.29, 0.717) is 17.7 Å². The summed E-state index contributed by atoms with van der Waals surface area (Å²) in [4.78, 5) is 12.4. The molecule has 0 bridgehead atoms. The highest BCUT2D eigenvalue weighted by Crippen LogP contribution is 2.47. The number of phenolic OH excluding ortho intramolecular Hbond substituents is 1. The van der Waals surface area contributed by atoms with Crippen LogP contribution in [-0.2, 0) is 19.5 Å². The first kappa shape index (κ1) is 25.2. The predicted molar refractivity (Wildman–Crippen MR) is 131 cm³/mol. The molecule has 11 nitrogen and oxygen atoms in total. The number of phenols is 1. The molecule has 0 fully saturated rings. The van der Waals surface area contributed by atoms with Crippen molar-refractivity contribution in [1.82, 2.24) is 0 Å². The van der Waals surface area contributed by atoms with Gasteiger partial charge in [-0.15, -0.1) is 9.45 Å². The maximum Gasteiger partial charge on any atom is 0.294 e. The zero-order chi connectivity index (χ0) is 25.7. The summed E-state index contributed by atoms with van der Waals surface area (Å²) in [5, 5.41) is 34.2. The molecule has 0 aliphatic rings. The van der Waals surface area contributed by atoms with Gasteiger partial charge in [0.25, 0.3) is 16.0 Å². The predicted octanol–water partition coefficient (Wildman–Crippen LogP) is 5.89. The Hall–Kier alpha value is -3.85. The van der Waals surface area contributed by atoms with Gasteiger partial charge in [0.2, 0.25) is 0 Å². The zero-order valence-electron chi connectivity index (χ0n) is 18.1. The molecule has 1 amide bonds. The number of rotatable bonds is 8. The molecule has 13 heteroatoms. The first-order chi connectivity index (χ1) is 17.3. The van der Waals surface area contributed by atoms with Crippen LogP contribution in [0.1, 0.15) is 10.4 Å². The molecule has 0 spiro atoms. The lowest BCUT2D eigenvalue weighted by Crippen LogP contribution is -2.13. The van der Waals surface area contributed by atoms with E-state index >= 15 is 0 Å². The highest BCUT2D eigenvalue weighted by Gasteiger charge is 2.22. The number of nitrogens with zero attached hydrogens (tertiary/aromatic N) is 2. The molecule has 0 unspecified atom stereocenters. The Labute approximate surface area is 208 Å². The Kier molecular flexibility index (Phi) is 7.59. The second-order valence-corrected chi connectivity index (χ2v) is 9.36. The summed E-state index contributed by atoms with van der Waals surface area (Å²) < 4.78 is 38.0. The number of azo groups is 1. The average molecular weight is 528 g/mol. The number of hydrogen-bond acceptors (Lipinski definition) is 10. The number of hydrogen-bond donors (Lipinski definition) is 4. The Morgan fingerprint density at radius 3 is 2.25 bits per heavy atom. The van der Waals surface area contributed by atoms with Gasteiger partial charge >= 0.3 is 0 Å². The van der Waals surface area contributed by atoms with E-state index in [0.717, 1.165) is 12.1 Å². The Bertz CT molecular complexity index is 1550. The lowest BCUT2D eigenvalue weighted by Gasteiger charge is -2.15. The van der Waals surface area contributed by atoms with E-state index < -0.39 is 26.7 Å². The third-order valence-corrected chi connectivity index (χ3v) is 6.33. The molecular formula is C23H17N3O8S2.